The number of imide groups is 1. The van der Waals surface area contributed by atoms with E-state index in [1.165, 1.54) is 11.8 Å². The Morgan fingerprint density at radius 2 is 1.78 bits per heavy atom. The molecule has 0 unspecified atom stereocenters. The number of rotatable bonds is 6. The van der Waals surface area contributed by atoms with Gasteiger partial charge in [-0.1, -0.05) is 29.8 Å². The Kier molecular flexibility index (Phi) is 6.54. The summed E-state index contributed by atoms with van der Waals surface area (Å²) >= 11 is 5.58. The molecule has 0 fully saturated rings. The van der Waals surface area contributed by atoms with Crippen LogP contribution in [0.4, 0.5) is 24.7 Å². The second-order valence-corrected chi connectivity index (χ2v) is 7.34. The number of hydrazine groups is 1. The zero-order valence-electron chi connectivity index (χ0n) is 17.0. The van der Waals surface area contributed by atoms with E-state index in [4.69, 9.17) is 11.6 Å². The highest BCUT2D eigenvalue weighted by atomic mass is 35.5. The van der Waals surface area contributed by atoms with Crippen LogP contribution in [0, 0.1) is 0 Å². The van der Waals surface area contributed by atoms with Gasteiger partial charge in [0.25, 0.3) is 11.8 Å². The van der Waals surface area contributed by atoms with Gasteiger partial charge in [-0.3, -0.25) is 19.8 Å². The Balaban J connectivity index is 1.68. The Hall–Kier alpha value is -3.40. The number of benzene rings is 1. The van der Waals surface area contributed by atoms with Crippen molar-refractivity contribution in [2.45, 2.75) is 25.9 Å². The molecule has 1 aliphatic heterocycles. The number of nitrogens with zero attached hydrogens (tertiary/aromatic N) is 3. The molecule has 7 nitrogen and oxygen atoms in total. The second kappa shape index (κ2) is 8.99. The summed E-state index contributed by atoms with van der Waals surface area (Å²) in [5, 5.41) is -0.178. The van der Waals surface area contributed by atoms with Crippen LogP contribution in [0.15, 0.2) is 53.6 Å². The first kappa shape index (κ1) is 23.3. The molecule has 2 aromatic rings. The quantitative estimate of drug-likeness (QED) is 0.509. The van der Waals surface area contributed by atoms with Gasteiger partial charge >= 0.3 is 6.18 Å². The second-order valence-electron chi connectivity index (χ2n) is 6.98. The Morgan fingerprint density at radius 3 is 2.38 bits per heavy atom. The van der Waals surface area contributed by atoms with E-state index in [0.717, 1.165) is 6.07 Å². The monoisotopic (exact) mass is 466 g/mol. The van der Waals surface area contributed by atoms with E-state index in [0.29, 0.717) is 16.8 Å². The SMILES string of the molecule is CC1=C(CCC(=O)N(C)c2ccccc2)C(=O)N(Nc2ccc(C(F)(F)F)c(Cl)n2)C1=O. The van der Waals surface area contributed by atoms with Crippen LogP contribution in [-0.4, -0.2) is 34.8 Å². The zero-order chi connectivity index (χ0) is 23.6. The van der Waals surface area contributed by atoms with Crippen molar-refractivity contribution < 1.29 is 27.6 Å². The van der Waals surface area contributed by atoms with E-state index in [1.54, 1.807) is 31.3 Å². The smallest absolute Gasteiger partial charge is 0.315 e. The van der Waals surface area contributed by atoms with Gasteiger partial charge in [0, 0.05) is 30.3 Å². The summed E-state index contributed by atoms with van der Waals surface area (Å²) in [5.41, 5.74) is 2.21. The maximum Gasteiger partial charge on any atom is 0.419 e. The number of hydrogen-bond acceptors (Lipinski definition) is 5. The highest BCUT2D eigenvalue weighted by molar-refractivity contribution is 6.30. The number of aromatic nitrogens is 1. The van der Waals surface area contributed by atoms with Crippen molar-refractivity contribution in [2.24, 2.45) is 0 Å². The minimum absolute atomic E-state index is 0.0186. The summed E-state index contributed by atoms with van der Waals surface area (Å²) in [6.45, 7) is 1.44. The molecule has 1 aromatic carbocycles. The summed E-state index contributed by atoms with van der Waals surface area (Å²) in [5.74, 6) is -1.86. The third-order valence-corrected chi connectivity index (χ3v) is 5.21. The van der Waals surface area contributed by atoms with Gasteiger partial charge in [-0.25, -0.2) is 4.98 Å². The lowest BCUT2D eigenvalue weighted by Gasteiger charge is -2.18. The van der Waals surface area contributed by atoms with Crippen LogP contribution < -0.4 is 10.3 Å². The average molecular weight is 467 g/mol. The third kappa shape index (κ3) is 4.75. The van der Waals surface area contributed by atoms with Crippen LogP contribution in [0.2, 0.25) is 5.15 Å². The van der Waals surface area contributed by atoms with Gasteiger partial charge in [-0.05, 0) is 37.6 Å². The number of nitrogens with one attached hydrogen (secondary N) is 1. The molecule has 168 valence electrons. The Bertz CT molecular complexity index is 1100. The summed E-state index contributed by atoms with van der Waals surface area (Å²) in [6.07, 6.45) is -4.69. The maximum absolute atomic E-state index is 12.8. The highest BCUT2D eigenvalue weighted by Gasteiger charge is 2.37. The van der Waals surface area contributed by atoms with E-state index in [-0.39, 0.29) is 35.7 Å². The molecule has 0 saturated heterocycles. The fraction of sp³-hybridized carbons (Fsp3) is 0.238. The van der Waals surface area contributed by atoms with Crippen LogP contribution in [0.5, 0.6) is 0 Å². The van der Waals surface area contributed by atoms with Crippen LogP contribution in [0.25, 0.3) is 0 Å². The third-order valence-electron chi connectivity index (χ3n) is 4.92. The van der Waals surface area contributed by atoms with Crippen molar-refractivity contribution in [1.29, 1.82) is 0 Å². The molecule has 11 heteroatoms. The number of anilines is 2. The van der Waals surface area contributed by atoms with Gasteiger partial charge in [-0.15, -0.1) is 0 Å². The number of alkyl halides is 3. The van der Waals surface area contributed by atoms with Gasteiger partial charge in [-0.2, -0.15) is 18.2 Å². The number of pyridine rings is 1. The van der Waals surface area contributed by atoms with Gasteiger partial charge in [0.05, 0.1) is 5.56 Å². The zero-order valence-corrected chi connectivity index (χ0v) is 17.8. The summed E-state index contributed by atoms with van der Waals surface area (Å²) in [4.78, 5) is 42.7. The van der Waals surface area contributed by atoms with Crippen LogP contribution >= 0.6 is 11.6 Å². The fourth-order valence-electron chi connectivity index (χ4n) is 3.10. The van der Waals surface area contributed by atoms with Crippen molar-refractivity contribution in [3.8, 4) is 0 Å². The minimum Gasteiger partial charge on any atom is -0.315 e. The summed E-state index contributed by atoms with van der Waals surface area (Å²) < 4.78 is 38.5. The van der Waals surface area contributed by atoms with Crippen LogP contribution in [0.1, 0.15) is 25.3 Å². The lowest BCUT2D eigenvalue weighted by molar-refractivity contribution is -0.138. The van der Waals surface area contributed by atoms with Crippen molar-refractivity contribution in [3.05, 3.63) is 64.3 Å². The number of halogens is 4. The van der Waals surface area contributed by atoms with Crippen LogP contribution in [0.3, 0.4) is 0 Å². The average Bonchev–Trinajstić information content (AvgIpc) is 2.94. The van der Waals surface area contributed by atoms with E-state index in [9.17, 15) is 27.6 Å². The van der Waals surface area contributed by atoms with Crippen molar-refractivity contribution >= 4 is 40.8 Å². The molecule has 2 heterocycles. The minimum atomic E-state index is -4.69. The lowest BCUT2D eigenvalue weighted by atomic mass is 10.1. The molecular formula is C21H18ClF3N4O3. The highest BCUT2D eigenvalue weighted by Crippen LogP contribution is 2.34. The van der Waals surface area contributed by atoms with E-state index in [2.05, 4.69) is 10.4 Å². The molecule has 1 N–H and O–H groups in total. The molecule has 3 rings (SSSR count). The summed E-state index contributed by atoms with van der Waals surface area (Å²) in [6, 6.07) is 10.6. The van der Waals surface area contributed by atoms with Crippen molar-refractivity contribution in [1.82, 2.24) is 9.99 Å². The molecule has 0 saturated carbocycles. The molecule has 3 amide bonds. The standard InChI is InChI=1S/C21H18ClF3N4O3/c1-12-14(8-11-17(30)28(2)13-6-4-3-5-7-13)20(32)29(19(12)31)27-16-10-9-15(18(22)26-16)21(23,24)25/h3-7,9-10H,8,11H2,1-2H3,(H,26,27). The first-order valence-electron chi connectivity index (χ1n) is 9.41. The van der Waals surface area contributed by atoms with E-state index < -0.39 is 28.7 Å². The van der Waals surface area contributed by atoms with E-state index >= 15 is 0 Å². The number of hydrogen-bond donors (Lipinski definition) is 1. The van der Waals surface area contributed by atoms with Crippen molar-refractivity contribution in [2.75, 3.05) is 17.4 Å². The maximum atomic E-state index is 12.8. The van der Waals surface area contributed by atoms with E-state index in [1.807, 2.05) is 6.07 Å². The Labute approximate surface area is 186 Å². The molecule has 0 spiro atoms. The molecule has 0 aliphatic carbocycles. The largest absolute Gasteiger partial charge is 0.419 e. The first-order chi connectivity index (χ1) is 15.0. The Morgan fingerprint density at radius 1 is 1.12 bits per heavy atom. The van der Waals surface area contributed by atoms with Gasteiger partial charge in [0.1, 0.15) is 11.0 Å². The molecule has 1 aliphatic rings. The predicted octanol–water partition coefficient (Wildman–Crippen LogP) is 4.21. The number of carbonyl (C=O) groups is 3. The normalized spacial score (nSPS) is 14.2. The molecule has 0 atom stereocenters. The molecule has 1 aromatic heterocycles. The lowest BCUT2D eigenvalue weighted by Crippen LogP contribution is -2.37. The first-order valence-corrected chi connectivity index (χ1v) is 9.79. The molecule has 0 radical (unpaired) electrons. The summed E-state index contributed by atoms with van der Waals surface area (Å²) in [7, 11) is 1.61. The van der Waals surface area contributed by atoms with Crippen molar-refractivity contribution in [3.63, 3.8) is 0 Å². The number of para-hydroxylation sites is 1. The fourth-order valence-corrected chi connectivity index (χ4v) is 3.36. The molecule has 0 bridgehead atoms. The predicted molar refractivity (Wildman–Crippen MR) is 112 cm³/mol. The number of amides is 3. The molecular weight excluding hydrogens is 449 g/mol. The molecule has 32 heavy (non-hydrogen) atoms. The van der Waals surface area contributed by atoms with Gasteiger partial charge in [0.2, 0.25) is 5.91 Å². The number of carbonyl (C=O) groups excluding carboxylic acids is 3. The van der Waals surface area contributed by atoms with Gasteiger partial charge in [0.15, 0.2) is 0 Å². The topological polar surface area (TPSA) is 82.6 Å². The van der Waals surface area contributed by atoms with Gasteiger partial charge < -0.3 is 4.90 Å². The van der Waals surface area contributed by atoms with Crippen LogP contribution in [-0.2, 0) is 20.6 Å².